The van der Waals surface area contributed by atoms with Gasteiger partial charge in [-0.15, -0.1) is 0 Å². The molecule has 0 saturated heterocycles. The molecular weight excluding hydrogens is 459 g/mol. The normalized spacial score (nSPS) is 13.0. The average Bonchev–Trinajstić information content (AvgIpc) is 2.70. The van der Waals surface area contributed by atoms with Crippen molar-refractivity contribution in [2.45, 2.75) is 24.7 Å². The quantitative estimate of drug-likeness (QED) is 0.571. The van der Waals surface area contributed by atoms with E-state index in [0.29, 0.717) is 5.75 Å². The summed E-state index contributed by atoms with van der Waals surface area (Å²) >= 11 is 12.4. The molecule has 1 aliphatic rings. The Hall–Kier alpha value is -2.74. The van der Waals surface area contributed by atoms with Gasteiger partial charge in [-0.1, -0.05) is 41.4 Å². The number of halogens is 2. The van der Waals surface area contributed by atoms with E-state index in [1.165, 1.54) is 18.2 Å². The van der Waals surface area contributed by atoms with E-state index < -0.39 is 10.0 Å². The minimum absolute atomic E-state index is 0.000443. The van der Waals surface area contributed by atoms with E-state index in [4.69, 9.17) is 27.9 Å². The van der Waals surface area contributed by atoms with Crippen LogP contribution in [0.3, 0.4) is 0 Å². The molecule has 4 rings (SSSR count). The van der Waals surface area contributed by atoms with Crippen molar-refractivity contribution < 1.29 is 18.3 Å². The summed E-state index contributed by atoms with van der Waals surface area (Å²) in [5.74, 6) is 0.0789. The number of aromatic nitrogens is 1. The summed E-state index contributed by atoms with van der Waals surface area (Å²) in [6.45, 7) is 1.81. The first-order chi connectivity index (χ1) is 14.7. The third kappa shape index (κ3) is 4.63. The van der Waals surface area contributed by atoms with E-state index in [0.717, 1.165) is 29.0 Å². The van der Waals surface area contributed by atoms with Gasteiger partial charge in [0.15, 0.2) is 11.5 Å². The van der Waals surface area contributed by atoms with Crippen molar-refractivity contribution in [2.24, 2.45) is 0 Å². The minimum atomic E-state index is -3.99. The van der Waals surface area contributed by atoms with Gasteiger partial charge >= 0.3 is 0 Å². The van der Waals surface area contributed by atoms with Crippen molar-refractivity contribution in [1.82, 2.24) is 4.98 Å². The number of anilines is 1. The van der Waals surface area contributed by atoms with Gasteiger partial charge in [0.2, 0.25) is 0 Å². The van der Waals surface area contributed by atoms with Crippen molar-refractivity contribution in [1.29, 1.82) is 0 Å². The molecule has 0 unspecified atom stereocenters. The molecule has 0 spiro atoms. The fraction of sp³-hybridized carbons (Fsp3) is 0.136. The second kappa shape index (κ2) is 8.42. The largest absolute Gasteiger partial charge is 0.504 e. The number of hydrogen-bond donors (Lipinski definition) is 2. The zero-order valence-electron chi connectivity index (χ0n) is 16.4. The highest BCUT2D eigenvalue weighted by atomic mass is 35.5. The number of aromatic hydroxyl groups is 1. The first-order valence-electron chi connectivity index (χ1n) is 9.39. The highest BCUT2D eigenvalue weighted by Gasteiger charge is 2.20. The molecule has 6 nitrogen and oxygen atoms in total. The predicted molar refractivity (Wildman–Crippen MR) is 122 cm³/mol. The van der Waals surface area contributed by atoms with E-state index in [9.17, 15) is 13.5 Å². The SMILES string of the molecule is Cc1ccc(S(=O)(=O)Nc2cc(O)c(Oc3cnc4c(c3)=CCCC=4)c(Cl)c2)c(Cl)c1. The Morgan fingerprint density at radius 2 is 1.84 bits per heavy atom. The molecule has 0 aliphatic heterocycles. The number of hydrogen-bond acceptors (Lipinski definition) is 5. The maximum Gasteiger partial charge on any atom is 0.263 e. The average molecular weight is 477 g/mol. The summed E-state index contributed by atoms with van der Waals surface area (Å²) < 4.78 is 33.5. The zero-order chi connectivity index (χ0) is 22.2. The number of rotatable bonds is 5. The molecule has 0 amide bonds. The van der Waals surface area contributed by atoms with Crippen LogP contribution in [-0.2, 0) is 10.0 Å². The molecule has 0 bridgehead atoms. The van der Waals surface area contributed by atoms with Crippen molar-refractivity contribution >= 4 is 51.1 Å². The van der Waals surface area contributed by atoms with Crippen LogP contribution < -0.4 is 20.0 Å². The van der Waals surface area contributed by atoms with Gasteiger partial charge in [0.25, 0.3) is 10.0 Å². The molecule has 1 heterocycles. The second-order valence-electron chi connectivity index (χ2n) is 7.08. The number of ether oxygens (including phenoxy) is 1. The summed E-state index contributed by atoms with van der Waals surface area (Å²) in [7, 11) is -3.99. The lowest BCUT2D eigenvalue weighted by molar-refractivity contribution is 0.410. The van der Waals surface area contributed by atoms with Gasteiger partial charge in [-0.25, -0.2) is 8.42 Å². The Morgan fingerprint density at radius 1 is 1.06 bits per heavy atom. The molecule has 2 aromatic carbocycles. The number of pyridine rings is 1. The Kier molecular flexibility index (Phi) is 5.83. The lowest BCUT2D eigenvalue weighted by atomic mass is 10.1. The van der Waals surface area contributed by atoms with Crippen molar-refractivity contribution in [3.05, 3.63) is 68.8 Å². The minimum Gasteiger partial charge on any atom is -0.504 e. The lowest BCUT2D eigenvalue weighted by Gasteiger charge is -2.14. The Labute approximate surface area is 189 Å². The highest BCUT2D eigenvalue weighted by molar-refractivity contribution is 7.92. The first kappa shape index (κ1) is 21.5. The van der Waals surface area contributed by atoms with Crippen LogP contribution in [0.25, 0.3) is 12.2 Å². The van der Waals surface area contributed by atoms with Gasteiger partial charge in [0.1, 0.15) is 10.6 Å². The summed E-state index contributed by atoms with van der Waals surface area (Å²) in [4.78, 5) is 4.27. The van der Waals surface area contributed by atoms with Crippen molar-refractivity contribution in [3.8, 4) is 17.2 Å². The number of phenolic OH excluding ortho intramolecular Hbond substituents is 1. The van der Waals surface area contributed by atoms with Crippen LogP contribution in [0.5, 0.6) is 17.2 Å². The van der Waals surface area contributed by atoms with E-state index in [2.05, 4.69) is 15.8 Å². The Bertz CT molecular complexity index is 1380. The highest BCUT2D eigenvalue weighted by Crippen LogP contribution is 2.40. The number of fused-ring (bicyclic) bond motifs is 1. The molecule has 1 aromatic heterocycles. The molecular formula is C22H18Cl2N2O4S. The lowest BCUT2D eigenvalue weighted by Crippen LogP contribution is -2.29. The first-order valence-corrected chi connectivity index (χ1v) is 11.6. The summed E-state index contributed by atoms with van der Waals surface area (Å²) in [5, 5.41) is 12.4. The summed E-state index contributed by atoms with van der Waals surface area (Å²) in [6.07, 6.45) is 7.51. The van der Waals surface area contributed by atoms with Crippen LogP contribution >= 0.6 is 23.2 Å². The Morgan fingerprint density at radius 3 is 2.58 bits per heavy atom. The van der Waals surface area contributed by atoms with Crippen LogP contribution in [-0.4, -0.2) is 18.5 Å². The van der Waals surface area contributed by atoms with Gasteiger partial charge in [-0.05, 0) is 54.8 Å². The molecule has 0 atom stereocenters. The van der Waals surface area contributed by atoms with E-state index in [1.54, 1.807) is 25.3 Å². The van der Waals surface area contributed by atoms with E-state index in [-0.39, 0.29) is 32.1 Å². The molecule has 0 saturated carbocycles. The smallest absolute Gasteiger partial charge is 0.263 e. The molecule has 0 fully saturated rings. The van der Waals surface area contributed by atoms with Crippen LogP contribution in [0.4, 0.5) is 5.69 Å². The fourth-order valence-electron chi connectivity index (χ4n) is 3.21. The topological polar surface area (TPSA) is 88.5 Å². The van der Waals surface area contributed by atoms with E-state index >= 15 is 0 Å². The van der Waals surface area contributed by atoms with Crippen LogP contribution in [0, 0.1) is 6.92 Å². The van der Waals surface area contributed by atoms with Crippen LogP contribution in [0.15, 0.2) is 47.5 Å². The monoisotopic (exact) mass is 476 g/mol. The number of benzene rings is 2. The standard InChI is InChI=1S/C22H18Cl2N2O4S/c1-13-6-7-21(17(23)8-13)31(28,29)26-15-10-18(24)22(20(27)11-15)30-16-9-14-4-2-3-5-19(14)25-12-16/h4-12,26-27H,2-3H2,1H3. The molecule has 160 valence electrons. The molecule has 31 heavy (non-hydrogen) atoms. The van der Waals surface area contributed by atoms with Gasteiger partial charge in [0.05, 0.1) is 27.3 Å². The second-order valence-corrected chi connectivity index (χ2v) is 9.54. The van der Waals surface area contributed by atoms with Crippen LogP contribution in [0.1, 0.15) is 18.4 Å². The Balaban J connectivity index is 1.62. The molecule has 1 aliphatic carbocycles. The maximum atomic E-state index is 12.7. The molecule has 2 N–H and O–H groups in total. The van der Waals surface area contributed by atoms with Gasteiger partial charge in [0, 0.05) is 6.07 Å². The number of sulfonamides is 1. The number of aryl methyl sites for hydroxylation is 1. The summed E-state index contributed by atoms with van der Waals surface area (Å²) in [5.41, 5.74) is 0.899. The number of nitrogens with zero attached hydrogens (tertiary/aromatic N) is 1. The number of nitrogens with one attached hydrogen (secondary N) is 1. The number of phenols is 1. The third-order valence-electron chi connectivity index (χ3n) is 4.67. The maximum absolute atomic E-state index is 12.7. The zero-order valence-corrected chi connectivity index (χ0v) is 18.7. The van der Waals surface area contributed by atoms with Crippen molar-refractivity contribution in [3.63, 3.8) is 0 Å². The van der Waals surface area contributed by atoms with Gasteiger partial charge < -0.3 is 9.84 Å². The van der Waals surface area contributed by atoms with Gasteiger partial charge in [-0.3, -0.25) is 9.71 Å². The van der Waals surface area contributed by atoms with Gasteiger partial charge in [-0.2, -0.15) is 0 Å². The molecule has 3 aromatic rings. The van der Waals surface area contributed by atoms with Crippen LogP contribution in [0.2, 0.25) is 10.0 Å². The predicted octanol–water partition coefficient (Wildman–Crippen LogP) is 4.35. The summed E-state index contributed by atoms with van der Waals surface area (Å²) in [6, 6.07) is 8.98. The molecule has 9 heteroatoms. The van der Waals surface area contributed by atoms with Crippen molar-refractivity contribution in [2.75, 3.05) is 4.72 Å². The van der Waals surface area contributed by atoms with E-state index in [1.807, 2.05) is 12.1 Å². The fourth-order valence-corrected chi connectivity index (χ4v) is 5.11. The third-order valence-corrected chi connectivity index (χ3v) is 6.81. The molecule has 0 radical (unpaired) electrons.